The number of benzene rings is 1. The van der Waals surface area contributed by atoms with Gasteiger partial charge in [0.05, 0.1) is 19.8 Å². The highest BCUT2D eigenvalue weighted by atomic mass is 35.5. The van der Waals surface area contributed by atoms with Gasteiger partial charge in [-0.25, -0.2) is 4.79 Å². The second-order valence-corrected chi connectivity index (χ2v) is 6.15. The Balaban J connectivity index is 0.00000338. The molecule has 0 spiro atoms. The predicted molar refractivity (Wildman–Crippen MR) is 106 cm³/mol. The third-order valence-corrected chi connectivity index (χ3v) is 4.11. The number of morpholine rings is 1. The zero-order valence-electron chi connectivity index (χ0n) is 15.6. The van der Waals surface area contributed by atoms with E-state index in [0.29, 0.717) is 18.9 Å². The maximum absolute atomic E-state index is 11.7. The number of anilines is 1. The lowest BCUT2D eigenvalue weighted by Gasteiger charge is -2.26. The molecule has 1 amide bonds. The number of nitrogens with one attached hydrogen (secondary N) is 1. The van der Waals surface area contributed by atoms with Crippen molar-refractivity contribution < 1.29 is 19.0 Å². The quantitative estimate of drug-likeness (QED) is 0.617. The van der Waals surface area contributed by atoms with Gasteiger partial charge in [0.1, 0.15) is 12.4 Å². The number of carbonyl (C=O) groups excluding carboxylic acids is 1. The van der Waals surface area contributed by atoms with E-state index in [1.165, 1.54) is 12.8 Å². The number of rotatable bonds is 10. The monoisotopic (exact) mass is 386 g/mol. The number of hydrogen-bond donors (Lipinski definition) is 1. The SMILES string of the molecule is CCCCCCOC(=O)Nc1ccc(OCCN2CCOCC2)cc1.Cl. The summed E-state index contributed by atoms with van der Waals surface area (Å²) in [4.78, 5) is 14.0. The molecule has 26 heavy (non-hydrogen) atoms. The first-order valence-electron chi connectivity index (χ1n) is 9.24. The summed E-state index contributed by atoms with van der Waals surface area (Å²) in [7, 11) is 0. The molecule has 1 aromatic carbocycles. The van der Waals surface area contributed by atoms with Gasteiger partial charge < -0.3 is 14.2 Å². The van der Waals surface area contributed by atoms with Gasteiger partial charge in [-0.2, -0.15) is 0 Å². The molecule has 1 saturated heterocycles. The lowest BCUT2D eigenvalue weighted by atomic mass is 10.2. The van der Waals surface area contributed by atoms with Crippen molar-refractivity contribution in [2.45, 2.75) is 32.6 Å². The van der Waals surface area contributed by atoms with E-state index in [1.807, 2.05) is 24.3 Å². The molecule has 6 nitrogen and oxygen atoms in total. The predicted octanol–water partition coefficient (Wildman–Crippen LogP) is 3.95. The highest BCUT2D eigenvalue weighted by molar-refractivity contribution is 5.85. The van der Waals surface area contributed by atoms with Crippen LogP contribution in [0.25, 0.3) is 0 Å². The molecule has 1 aliphatic heterocycles. The molecule has 1 fully saturated rings. The average molecular weight is 387 g/mol. The molecule has 2 rings (SSSR count). The minimum Gasteiger partial charge on any atom is -0.492 e. The number of halogens is 1. The molecule has 0 bridgehead atoms. The number of hydrogen-bond acceptors (Lipinski definition) is 5. The molecule has 1 aliphatic rings. The third-order valence-electron chi connectivity index (χ3n) is 4.11. The van der Waals surface area contributed by atoms with E-state index in [-0.39, 0.29) is 12.4 Å². The van der Waals surface area contributed by atoms with Crippen LogP contribution < -0.4 is 10.1 Å². The number of carbonyl (C=O) groups is 1. The van der Waals surface area contributed by atoms with Crippen LogP contribution in [-0.4, -0.2) is 57.1 Å². The first-order chi connectivity index (χ1) is 12.3. The fourth-order valence-electron chi connectivity index (χ4n) is 2.60. The van der Waals surface area contributed by atoms with Crippen molar-refractivity contribution >= 4 is 24.2 Å². The lowest BCUT2D eigenvalue weighted by molar-refractivity contribution is 0.0322. The summed E-state index contributed by atoms with van der Waals surface area (Å²) in [6.07, 6.45) is 3.96. The molecule has 0 aromatic heterocycles. The van der Waals surface area contributed by atoms with Gasteiger partial charge in [0.25, 0.3) is 0 Å². The van der Waals surface area contributed by atoms with Crippen LogP contribution in [0.1, 0.15) is 32.6 Å². The van der Waals surface area contributed by atoms with Gasteiger partial charge in [-0.15, -0.1) is 12.4 Å². The summed E-state index contributed by atoms with van der Waals surface area (Å²) >= 11 is 0. The summed E-state index contributed by atoms with van der Waals surface area (Å²) < 4.78 is 16.2. The Morgan fingerprint density at radius 3 is 2.54 bits per heavy atom. The molecule has 1 heterocycles. The van der Waals surface area contributed by atoms with Crippen LogP contribution in [0.15, 0.2) is 24.3 Å². The van der Waals surface area contributed by atoms with Gasteiger partial charge in [0, 0.05) is 25.3 Å². The fourth-order valence-corrected chi connectivity index (χ4v) is 2.60. The minimum atomic E-state index is -0.405. The maximum Gasteiger partial charge on any atom is 0.411 e. The van der Waals surface area contributed by atoms with E-state index in [2.05, 4.69) is 17.1 Å². The Morgan fingerprint density at radius 1 is 1.12 bits per heavy atom. The molecular formula is C19H31ClN2O4. The normalized spacial score (nSPS) is 14.3. The van der Waals surface area contributed by atoms with Crippen molar-refractivity contribution in [3.63, 3.8) is 0 Å². The fraction of sp³-hybridized carbons (Fsp3) is 0.632. The first kappa shape index (κ1) is 22.5. The molecule has 0 aliphatic carbocycles. The minimum absolute atomic E-state index is 0. The summed E-state index contributed by atoms with van der Waals surface area (Å²) in [5.41, 5.74) is 0.707. The lowest BCUT2D eigenvalue weighted by Crippen LogP contribution is -2.38. The highest BCUT2D eigenvalue weighted by Gasteiger charge is 2.09. The standard InChI is InChI=1S/C19H30N2O4.ClH/c1-2-3-4-5-13-25-19(22)20-17-6-8-18(9-7-17)24-16-12-21-10-14-23-15-11-21;/h6-9H,2-5,10-16H2,1H3,(H,20,22);1H. The van der Waals surface area contributed by atoms with E-state index in [1.54, 1.807) is 0 Å². The van der Waals surface area contributed by atoms with Crippen LogP contribution in [0.5, 0.6) is 5.75 Å². The Morgan fingerprint density at radius 2 is 1.85 bits per heavy atom. The Labute approximate surface area is 162 Å². The zero-order chi connectivity index (χ0) is 17.7. The summed E-state index contributed by atoms with van der Waals surface area (Å²) in [5, 5.41) is 2.73. The van der Waals surface area contributed by atoms with Gasteiger partial charge in [-0.05, 0) is 30.7 Å². The molecule has 0 radical (unpaired) electrons. The second-order valence-electron chi connectivity index (χ2n) is 6.15. The Hall–Kier alpha value is -1.50. The highest BCUT2D eigenvalue weighted by Crippen LogP contribution is 2.16. The molecule has 0 atom stereocenters. The van der Waals surface area contributed by atoms with E-state index in [9.17, 15) is 4.79 Å². The summed E-state index contributed by atoms with van der Waals surface area (Å²) in [5.74, 6) is 0.798. The van der Waals surface area contributed by atoms with Crippen LogP contribution in [0.2, 0.25) is 0 Å². The third kappa shape index (κ3) is 9.27. The smallest absolute Gasteiger partial charge is 0.411 e. The van der Waals surface area contributed by atoms with Crippen molar-refractivity contribution in [3.8, 4) is 5.75 Å². The van der Waals surface area contributed by atoms with Crippen molar-refractivity contribution in [1.82, 2.24) is 4.90 Å². The van der Waals surface area contributed by atoms with Crippen molar-refractivity contribution in [1.29, 1.82) is 0 Å². The topological polar surface area (TPSA) is 60.0 Å². The van der Waals surface area contributed by atoms with Crippen molar-refractivity contribution in [3.05, 3.63) is 24.3 Å². The largest absolute Gasteiger partial charge is 0.492 e. The Kier molecular flexibility index (Phi) is 11.9. The molecule has 1 N–H and O–H groups in total. The van der Waals surface area contributed by atoms with Gasteiger partial charge in [0.2, 0.25) is 0 Å². The molecule has 7 heteroatoms. The van der Waals surface area contributed by atoms with Crippen LogP contribution in [-0.2, 0) is 9.47 Å². The van der Waals surface area contributed by atoms with E-state index in [0.717, 1.165) is 51.4 Å². The van der Waals surface area contributed by atoms with Crippen LogP contribution in [0.3, 0.4) is 0 Å². The summed E-state index contributed by atoms with van der Waals surface area (Å²) in [6, 6.07) is 7.36. The average Bonchev–Trinajstić information content (AvgIpc) is 2.64. The number of nitrogens with zero attached hydrogens (tertiary/aromatic N) is 1. The Bertz CT molecular complexity index is 493. The van der Waals surface area contributed by atoms with E-state index < -0.39 is 6.09 Å². The zero-order valence-corrected chi connectivity index (χ0v) is 16.4. The van der Waals surface area contributed by atoms with E-state index >= 15 is 0 Å². The van der Waals surface area contributed by atoms with Gasteiger partial charge in [0.15, 0.2) is 0 Å². The van der Waals surface area contributed by atoms with Crippen LogP contribution in [0, 0.1) is 0 Å². The van der Waals surface area contributed by atoms with Gasteiger partial charge in [-0.1, -0.05) is 26.2 Å². The molecular weight excluding hydrogens is 356 g/mol. The summed E-state index contributed by atoms with van der Waals surface area (Å²) in [6.45, 7) is 7.70. The van der Waals surface area contributed by atoms with E-state index in [4.69, 9.17) is 14.2 Å². The molecule has 148 valence electrons. The number of amides is 1. The van der Waals surface area contributed by atoms with Crippen LogP contribution >= 0.6 is 12.4 Å². The van der Waals surface area contributed by atoms with Crippen molar-refractivity contribution in [2.75, 3.05) is 51.4 Å². The van der Waals surface area contributed by atoms with Gasteiger partial charge >= 0.3 is 6.09 Å². The van der Waals surface area contributed by atoms with Crippen LogP contribution in [0.4, 0.5) is 10.5 Å². The first-order valence-corrected chi connectivity index (χ1v) is 9.24. The second kappa shape index (κ2) is 13.7. The van der Waals surface area contributed by atoms with Crippen molar-refractivity contribution in [2.24, 2.45) is 0 Å². The number of unbranched alkanes of at least 4 members (excludes halogenated alkanes) is 3. The maximum atomic E-state index is 11.7. The van der Waals surface area contributed by atoms with Gasteiger partial charge in [-0.3, -0.25) is 10.2 Å². The number of ether oxygens (including phenoxy) is 3. The molecule has 0 unspecified atom stereocenters. The molecule has 1 aromatic rings. The molecule has 0 saturated carbocycles.